The van der Waals surface area contributed by atoms with Crippen LogP contribution in [0.3, 0.4) is 0 Å². The summed E-state index contributed by atoms with van der Waals surface area (Å²) in [6.45, 7) is 4.23. The quantitative estimate of drug-likeness (QED) is 0.737. The lowest BCUT2D eigenvalue weighted by Crippen LogP contribution is -3.14. The van der Waals surface area contributed by atoms with Gasteiger partial charge in [0.1, 0.15) is 11.3 Å². The first kappa shape index (κ1) is 17.6. The minimum absolute atomic E-state index is 0.0873. The zero-order valence-corrected chi connectivity index (χ0v) is 15.3. The van der Waals surface area contributed by atoms with E-state index in [1.54, 1.807) is 12.1 Å². The van der Waals surface area contributed by atoms with Crippen LogP contribution in [0.25, 0.3) is 11.0 Å². The predicted molar refractivity (Wildman–Crippen MR) is 101 cm³/mol. The van der Waals surface area contributed by atoms with Crippen molar-refractivity contribution in [3.63, 3.8) is 0 Å². The zero-order valence-electron chi connectivity index (χ0n) is 15.3. The minimum Gasteiger partial charge on any atom is -0.327 e. The summed E-state index contributed by atoms with van der Waals surface area (Å²) in [4.78, 5) is 13.5. The molecule has 0 unspecified atom stereocenters. The van der Waals surface area contributed by atoms with Gasteiger partial charge < -0.3 is 10.2 Å². The molecule has 4 rings (SSSR count). The van der Waals surface area contributed by atoms with E-state index >= 15 is 0 Å². The van der Waals surface area contributed by atoms with Gasteiger partial charge in [-0.1, -0.05) is 17.3 Å². The number of quaternary nitrogens is 1. The van der Waals surface area contributed by atoms with Gasteiger partial charge >= 0.3 is 0 Å². The maximum Gasteiger partial charge on any atom is 0.279 e. The van der Waals surface area contributed by atoms with Crippen LogP contribution in [0.15, 0.2) is 42.5 Å². The predicted octanol–water partition coefficient (Wildman–Crippen LogP) is 1.74. The monoisotopic (exact) mass is 368 g/mol. The van der Waals surface area contributed by atoms with E-state index in [1.807, 2.05) is 4.68 Å². The van der Waals surface area contributed by atoms with Crippen molar-refractivity contribution in [1.82, 2.24) is 15.0 Å². The van der Waals surface area contributed by atoms with Gasteiger partial charge in [-0.3, -0.25) is 4.79 Å². The number of benzene rings is 2. The maximum atomic E-state index is 13.2. The summed E-state index contributed by atoms with van der Waals surface area (Å²) < 4.78 is 15.2. The lowest BCUT2D eigenvalue weighted by atomic mass is 10.0. The van der Waals surface area contributed by atoms with Gasteiger partial charge in [-0.05, 0) is 42.8 Å². The molecule has 0 bridgehead atoms. The Hall–Kier alpha value is -2.80. The van der Waals surface area contributed by atoms with Crippen molar-refractivity contribution in [3.8, 4) is 0 Å². The zero-order chi connectivity index (χ0) is 18.8. The Morgan fingerprint density at radius 1 is 1.26 bits per heavy atom. The number of aromatic nitrogens is 3. The summed E-state index contributed by atoms with van der Waals surface area (Å²) in [7, 11) is 0. The Morgan fingerprint density at radius 3 is 2.85 bits per heavy atom. The van der Waals surface area contributed by atoms with Crippen LogP contribution in [0.4, 0.5) is 10.1 Å². The molecule has 6 nitrogen and oxygen atoms in total. The third-order valence-corrected chi connectivity index (χ3v) is 5.15. The summed E-state index contributed by atoms with van der Waals surface area (Å²) in [5, 5.41) is 11.4. The van der Waals surface area contributed by atoms with Crippen LogP contribution in [0.2, 0.25) is 0 Å². The fraction of sp³-hybridized carbons (Fsp3) is 0.350. The summed E-state index contributed by atoms with van der Waals surface area (Å²) in [5.74, 6) is -0.438. The third-order valence-electron chi connectivity index (χ3n) is 5.15. The van der Waals surface area contributed by atoms with Gasteiger partial charge in [0.2, 0.25) is 0 Å². The van der Waals surface area contributed by atoms with Crippen molar-refractivity contribution in [3.05, 3.63) is 53.8 Å². The highest BCUT2D eigenvalue weighted by Gasteiger charge is 2.26. The average molecular weight is 368 g/mol. The standard InChI is InChI=1S/C20H22FN5O/c1-14-5-6-19-18(11-14)23-24-26(19)17-7-9-25(10-8-17)13-20(27)22-16-4-2-3-15(21)12-16/h2-6,11-12,17H,7-10,13H2,1H3,(H,22,27)/p+1. The number of amides is 1. The van der Waals surface area contributed by atoms with E-state index in [0.29, 0.717) is 18.3 Å². The summed E-state index contributed by atoms with van der Waals surface area (Å²) in [6, 6.07) is 12.5. The number of hydrogen-bond acceptors (Lipinski definition) is 3. The molecule has 3 aromatic rings. The molecule has 2 N–H and O–H groups in total. The number of aryl methyl sites for hydroxylation is 1. The Labute approximate surface area is 157 Å². The molecule has 0 spiro atoms. The van der Waals surface area contributed by atoms with Gasteiger partial charge in [0.25, 0.3) is 5.91 Å². The molecule has 0 radical (unpaired) electrons. The second-order valence-corrected chi connectivity index (χ2v) is 7.24. The second kappa shape index (κ2) is 7.44. The van der Waals surface area contributed by atoms with Crippen LogP contribution in [0.1, 0.15) is 24.4 Å². The first-order valence-electron chi connectivity index (χ1n) is 9.29. The molecule has 27 heavy (non-hydrogen) atoms. The summed E-state index contributed by atoms with van der Waals surface area (Å²) >= 11 is 0. The van der Waals surface area contributed by atoms with Crippen LogP contribution in [-0.4, -0.2) is 40.5 Å². The average Bonchev–Trinajstić information content (AvgIpc) is 3.05. The molecule has 2 aromatic carbocycles. The maximum absolute atomic E-state index is 13.2. The van der Waals surface area contributed by atoms with Crippen LogP contribution in [-0.2, 0) is 4.79 Å². The molecule has 1 saturated heterocycles. The summed E-state index contributed by atoms with van der Waals surface area (Å²) in [5.41, 5.74) is 3.67. The SMILES string of the molecule is Cc1ccc2c(c1)nnn2C1CC[NH+](CC(=O)Nc2cccc(F)c2)CC1. The number of fused-ring (bicyclic) bond motifs is 1. The number of piperidine rings is 1. The van der Waals surface area contributed by atoms with Crippen LogP contribution < -0.4 is 10.2 Å². The molecule has 1 aliphatic rings. The van der Waals surface area contributed by atoms with Crippen LogP contribution >= 0.6 is 0 Å². The number of likely N-dealkylation sites (tertiary alicyclic amines) is 1. The Bertz CT molecular complexity index is 962. The van der Waals surface area contributed by atoms with Gasteiger partial charge in [-0.25, -0.2) is 9.07 Å². The molecule has 7 heteroatoms. The van der Waals surface area contributed by atoms with Crippen LogP contribution in [0.5, 0.6) is 0 Å². The fourth-order valence-corrected chi connectivity index (χ4v) is 3.75. The van der Waals surface area contributed by atoms with Gasteiger partial charge in [0.05, 0.1) is 24.6 Å². The molecule has 0 atom stereocenters. The number of hydrogen-bond donors (Lipinski definition) is 2. The van der Waals surface area contributed by atoms with Crippen molar-refractivity contribution in [1.29, 1.82) is 0 Å². The van der Waals surface area contributed by atoms with E-state index < -0.39 is 0 Å². The van der Waals surface area contributed by atoms with E-state index in [2.05, 4.69) is 40.8 Å². The highest BCUT2D eigenvalue weighted by molar-refractivity contribution is 5.91. The lowest BCUT2D eigenvalue weighted by Gasteiger charge is -2.29. The van der Waals surface area contributed by atoms with E-state index in [-0.39, 0.29) is 11.7 Å². The molecule has 1 amide bonds. The molecule has 1 fully saturated rings. The van der Waals surface area contributed by atoms with Gasteiger partial charge in [0.15, 0.2) is 6.54 Å². The Morgan fingerprint density at radius 2 is 2.07 bits per heavy atom. The van der Waals surface area contributed by atoms with E-state index in [9.17, 15) is 9.18 Å². The van der Waals surface area contributed by atoms with E-state index in [4.69, 9.17) is 0 Å². The van der Waals surface area contributed by atoms with Gasteiger partial charge in [0, 0.05) is 18.5 Å². The molecule has 0 saturated carbocycles. The van der Waals surface area contributed by atoms with Crippen LogP contribution in [0, 0.1) is 12.7 Å². The number of anilines is 1. The number of nitrogens with one attached hydrogen (secondary N) is 2. The first-order valence-corrected chi connectivity index (χ1v) is 9.29. The fourth-order valence-electron chi connectivity index (χ4n) is 3.75. The number of nitrogens with zero attached hydrogens (tertiary/aromatic N) is 3. The lowest BCUT2D eigenvalue weighted by molar-refractivity contribution is -0.897. The normalized spacial score (nSPS) is 19.9. The topological polar surface area (TPSA) is 64.2 Å². The smallest absolute Gasteiger partial charge is 0.279 e. The molecular weight excluding hydrogens is 345 g/mol. The van der Waals surface area contributed by atoms with Crippen molar-refractivity contribution >= 4 is 22.6 Å². The number of rotatable bonds is 4. The van der Waals surface area contributed by atoms with Gasteiger partial charge in [-0.15, -0.1) is 5.10 Å². The highest BCUT2D eigenvalue weighted by atomic mass is 19.1. The van der Waals surface area contributed by atoms with Crippen molar-refractivity contribution in [2.24, 2.45) is 0 Å². The minimum atomic E-state index is -0.351. The number of carbonyl (C=O) groups is 1. The molecular formula is C20H23FN5O+. The summed E-state index contributed by atoms with van der Waals surface area (Å²) in [6.07, 6.45) is 1.91. The number of carbonyl (C=O) groups excluding carboxylic acids is 1. The second-order valence-electron chi connectivity index (χ2n) is 7.24. The molecule has 1 aromatic heterocycles. The number of halogens is 1. The van der Waals surface area contributed by atoms with E-state index in [1.165, 1.54) is 22.6 Å². The molecule has 2 heterocycles. The largest absolute Gasteiger partial charge is 0.327 e. The molecule has 140 valence electrons. The van der Waals surface area contributed by atoms with E-state index in [0.717, 1.165) is 37.0 Å². The first-order chi connectivity index (χ1) is 13.1. The van der Waals surface area contributed by atoms with Gasteiger partial charge in [-0.2, -0.15) is 0 Å². The van der Waals surface area contributed by atoms with Crippen molar-refractivity contribution < 1.29 is 14.1 Å². The van der Waals surface area contributed by atoms with Crippen molar-refractivity contribution in [2.75, 3.05) is 25.0 Å². The Kier molecular flexibility index (Phi) is 4.85. The molecule has 1 aliphatic heterocycles. The third kappa shape index (κ3) is 3.98. The highest BCUT2D eigenvalue weighted by Crippen LogP contribution is 2.22. The van der Waals surface area contributed by atoms with Crippen molar-refractivity contribution in [2.45, 2.75) is 25.8 Å². The Balaban J connectivity index is 1.34. The molecule has 0 aliphatic carbocycles.